The average molecular weight is 367 g/mol. The fourth-order valence-electron chi connectivity index (χ4n) is 3.72. The smallest absolute Gasteiger partial charge is 0.234 e. The van der Waals surface area contributed by atoms with Crippen LogP contribution in [0.25, 0.3) is 0 Å². The number of anilines is 1. The second-order valence-electron chi connectivity index (χ2n) is 7.07. The summed E-state index contributed by atoms with van der Waals surface area (Å²) in [5, 5.41) is 3.19. The summed E-state index contributed by atoms with van der Waals surface area (Å²) in [7, 11) is 0. The van der Waals surface area contributed by atoms with Gasteiger partial charge in [0.2, 0.25) is 11.9 Å². The summed E-state index contributed by atoms with van der Waals surface area (Å²) in [5.41, 5.74) is 1.13. The van der Waals surface area contributed by atoms with Gasteiger partial charge in [-0.3, -0.25) is 9.69 Å². The van der Waals surface area contributed by atoms with Gasteiger partial charge in [-0.25, -0.2) is 9.97 Å². The van der Waals surface area contributed by atoms with E-state index in [0.29, 0.717) is 13.2 Å². The SMILES string of the molecule is O=C(CN1CCOc2ccccc2C1)N[C@@H]1CCCN(c2ncccn2)C1. The molecule has 1 aromatic carbocycles. The Morgan fingerprint density at radius 1 is 1.19 bits per heavy atom. The predicted octanol–water partition coefficient (Wildman–Crippen LogP) is 1.46. The van der Waals surface area contributed by atoms with Crippen LogP contribution in [0.1, 0.15) is 18.4 Å². The van der Waals surface area contributed by atoms with Gasteiger partial charge in [-0.2, -0.15) is 0 Å². The van der Waals surface area contributed by atoms with E-state index in [1.54, 1.807) is 12.4 Å². The van der Waals surface area contributed by atoms with Crippen LogP contribution in [-0.4, -0.2) is 59.6 Å². The van der Waals surface area contributed by atoms with Crippen LogP contribution in [0.15, 0.2) is 42.7 Å². The second-order valence-corrected chi connectivity index (χ2v) is 7.07. The van der Waals surface area contributed by atoms with Gasteiger partial charge in [0.15, 0.2) is 0 Å². The summed E-state index contributed by atoms with van der Waals surface area (Å²) in [5.74, 6) is 1.72. The molecule has 4 rings (SSSR count). The minimum Gasteiger partial charge on any atom is -0.492 e. The summed E-state index contributed by atoms with van der Waals surface area (Å²) < 4.78 is 5.78. The van der Waals surface area contributed by atoms with Gasteiger partial charge in [-0.1, -0.05) is 18.2 Å². The van der Waals surface area contributed by atoms with E-state index in [0.717, 1.165) is 56.3 Å². The first-order valence-corrected chi connectivity index (χ1v) is 9.52. The molecule has 0 spiro atoms. The Hall–Kier alpha value is -2.67. The van der Waals surface area contributed by atoms with Gasteiger partial charge >= 0.3 is 0 Å². The molecule has 2 aromatic rings. The van der Waals surface area contributed by atoms with Crippen LogP contribution in [0.5, 0.6) is 5.75 Å². The average Bonchev–Trinajstić information content (AvgIpc) is 2.90. The van der Waals surface area contributed by atoms with Crippen molar-refractivity contribution in [3.63, 3.8) is 0 Å². The lowest BCUT2D eigenvalue weighted by molar-refractivity contribution is -0.123. The van der Waals surface area contributed by atoms with Crippen molar-refractivity contribution in [3.05, 3.63) is 48.3 Å². The van der Waals surface area contributed by atoms with Crippen LogP contribution in [0, 0.1) is 0 Å². The molecule has 3 heterocycles. The van der Waals surface area contributed by atoms with E-state index in [1.807, 2.05) is 24.3 Å². The Morgan fingerprint density at radius 2 is 2.04 bits per heavy atom. The maximum Gasteiger partial charge on any atom is 0.234 e. The van der Waals surface area contributed by atoms with E-state index >= 15 is 0 Å². The van der Waals surface area contributed by atoms with Crippen LogP contribution in [0.3, 0.4) is 0 Å². The number of hydrogen-bond donors (Lipinski definition) is 1. The molecule has 1 amide bonds. The molecule has 0 radical (unpaired) electrons. The molecule has 1 N–H and O–H groups in total. The molecule has 0 bridgehead atoms. The highest BCUT2D eigenvalue weighted by atomic mass is 16.5. The first-order valence-electron chi connectivity index (χ1n) is 9.52. The van der Waals surface area contributed by atoms with Crippen molar-refractivity contribution in [2.24, 2.45) is 0 Å². The van der Waals surface area contributed by atoms with Gasteiger partial charge < -0.3 is 15.0 Å². The molecule has 2 aliphatic heterocycles. The van der Waals surface area contributed by atoms with Gasteiger partial charge in [-0.05, 0) is 25.0 Å². The molecule has 27 heavy (non-hydrogen) atoms. The van der Waals surface area contributed by atoms with Crippen molar-refractivity contribution in [2.75, 3.05) is 37.7 Å². The van der Waals surface area contributed by atoms with Gasteiger partial charge in [0.1, 0.15) is 12.4 Å². The van der Waals surface area contributed by atoms with Crippen LogP contribution in [-0.2, 0) is 11.3 Å². The van der Waals surface area contributed by atoms with Crippen LogP contribution >= 0.6 is 0 Å². The third-order valence-electron chi connectivity index (χ3n) is 5.02. The number of para-hydroxylation sites is 1. The number of nitrogens with zero attached hydrogens (tertiary/aromatic N) is 4. The fraction of sp³-hybridized carbons (Fsp3) is 0.450. The van der Waals surface area contributed by atoms with E-state index in [1.165, 1.54) is 0 Å². The minimum atomic E-state index is 0.0650. The third kappa shape index (κ3) is 4.54. The maximum absolute atomic E-state index is 12.6. The Morgan fingerprint density at radius 3 is 2.93 bits per heavy atom. The Labute approximate surface area is 159 Å². The van der Waals surface area contributed by atoms with E-state index < -0.39 is 0 Å². The quantitative estimate of drug-likeness (QED) is 0.882. The number of aromatic nitrogens is 2. The molecule has 7 nitrogen and oxygen atoms in total. The molecule has 1 atom stereocenters. The number of benzene rings is 1. The number of nitrogens with one attached hydrogen (secondary N) is 1. The van der Waals surface area contributed by atoms with Gasteiger partial charge in [0.25, 0.3) is 0 Å². The molecular formula is C20H25N5O2. The molecule has 0 unspecified atom stereocenters. The van der Waals surface area contributed by atoms with Crippen molar-refractivity contribution in [1.82, 2.24) is 20.2 Å². The van der Waals surface area contributed by atoms with Crippen LogP contribution in [0.2, 0.25) is 0 Å². The molecule has 7 heteroatoms. The molecule has 1 fully saturated rings. The molecular weight excluding hydrogens is 342 g/mol. The van der Waals surface area contributed by atoms with E-state index in [-0.39, 0.29) is 11.9 Å². The predicted molar refractivity (Wildman–Crippen MR) is 103 cm³/mol. The number of ether oxygens (including phenoxy) is 1. The van der Waals surface area contributed by atoms with Crippen molar-refractivity contribution < 1.29 is 9.53 Å². The Bertz CT molecular complexity index is 770. The van der Waals surface area contributed by atoms with E-state index in [2.05, 4.69) is 31.2 Å². The number of rotatable bonds is 4. The van der Waals surface area contributed by atoms with Gasteiger partial charge in [-0.15, -0.1) is 0 Å². The number of carbonyl (C=O) groups is 1. The number of piperidine rings is 1. The number of carbonyl (C=O) groups excluding carboxylic acids is 1. The van der Waals surface area contributed by atoms with Crippen LogP contribution in [0.4, 0.5) is 5.95 Å². The van der Waals surface area contributed by atoms with Crippen molar-refractivity contribution in [1.29, 1.82) is 0 Å². The summed E-state index contributed by atoms with van der Waals surface area (Å²) in [6.45, 7) is 4.15. The Kier molecular flexibility index (Phi) is 5.48. The first kappa shape index (κ1) is 17.7. The molecule has 0 aliphatic carbocycles. The van der Waals surface area contributed by atoms with Crippen molar-refractivity contribution in [2.45, 2.75) is 25.4 Å². The summed E-state index contributed by atoms with van der Waals surface area (Å²) >= 11 is 0. The third-order valence-corrected chi connectivity index (χ3v) is 5.02. The molecule has 1 saturated heterocycles. The van der Waals surface area contributed by atoms with Gasteiger partial charge in [0.05, 0.1) is 6.54 Å². The highest BCUT2D eigenvalue weighted by molar-refractivity contribution is 5.78. The lowest BCUT2D eigenvalue weighted by Crippen LogP contribution is -2.50. The number of hydrogen-bond acceptors (Lipinski definition) is 6. The zero-order valence-electron chi connectivity index (χ0n) is 15.4. The zero-order valence-corrected chi connectivity index (χ0v) is 15.4. The van der Waals surface area contributed by atoms with E-state index in [4.69, 9.17) is 4.74 Å². The lowest BCUT2D eigenvalue weighted by Gasteiger charge is -2.33. The Balaban J connectivity index is 1.31. The molecule has 1 aromatic heterocycles. The van der Waals surface area contributed by atoms with Crippen molar-refractivity contribution >= 4 is 11.9 Å². The topological polar surface area (TPSA) is 70.6 Å². The molecule has 2 aliphatic rings. The van der Waals surface area contributed by atoms with Crippen LogP contribution < -0.4 is 15.0 Å². The highest BCUT2D eigenvalue weighted by Gasteiger charge is 2.24. The molecule has 142 valence electrons. The zero-order chi connectivity index (χ0) is 18.5. The molecule has 0 saturated carbocycles. The lowest BCUT2D eigenvalue weighted by atomic mass is 10.1. The van der Waals surface area contributed by atoms with E-state index in [9.17, 15) is 4.79 Å². The number of fused-ring (bicyclic) bond motifs is 1. The summed E-state index contributed by atoms with van der Waals surface area (Å²) in [4.78, 5) is 25.5. The number of amides is 1. The fourth-order valence-corrected chi connectivity index (χ4v) is 3.72. The highest BCUT2D eigenvalue weighted by Crippen LogP contribution is 2.22. The minimum absolute atomic E-state index is 0.0650. The first-order chi connectivity index (χ1) is 13.3. The maximum atomic E-state index is 12.6. The standard InChI is InChI=1S/C20H25N5O2/c26-19(15-24-11-12-27-18-7-2-1-5-16(18)13-24)23-17-6-3-10-25(14-17)20-21-8-4-9-22-20/h1-2,4-5,7-9,17H,3,6,10-15H2,(H,23,26)/t17-/m1/s1. The summed E-state index contributed by atoms with van der Waals surface area (Å²) in [6.07, 6.45) is 5.52. The van der Waals surface area contributed by atoms with Crippen molar-refractivity contribution in [3.8, 4) is 5.75 Å². The van der Waals surface area contributed by atoms with Gasteiger partial charge in [0, 0.05) is 50.2 Å². The largest absolute Gasteiger partial charge is 0.492 e. The normalized spacial score (nSPS) is 20.3. The summed E-state index contributed by atoms with van der Waals surface area (Å²) in [6, 6.07) is 9.98. The second kappa shape index (κ2) is 8.35. The monoisotopic (exact) mass is 367 g/mol.